The van der Waals surface area contributed by atoms with Crippen LogP contribution in [0.4, 0.5) is 5.13 Å². The summed E-state index contributed by atoms with van der Waals surface area (Å²) in [5, 5.41) is 24.6. The first kappa shape index (κ1) is 20.2. The van der Waals surface area contributed by atoms with Gasteiger partial charge in [0.2, 0.25) is 16.7 Å². The zero-order valence-corrected chi connectivity index (χ0v) is 17.2. The third-order valence-corrected chi connectivity index (χ3v) is 6.56. The molecule has 0 saturated carbocycles. The molecule has 0 radical (unpaired) electrons. The van der Waals surface area contributed by atoms with Crippen molar-refractivity contribution in [3.63, 3.8) is 0 Å². The van der Waals surface area contributed by atoms with Gasteiger partial charge in [-0.05, 0) is 24.4 Å². The number of allylic oxidation sites excluding steroid dienone is 1. The van der Waals surface area contributed by atoms with Gasteiger partial charge in [-0.25, -0.2) is 9.78 Å². The number of carbonyl (C=O) groups excluding carboxylic acids is 2. The smallest absolute Gasteiger partial charge is 0.353 e. The van der Waals surface area contributed by atoms with Crippen molar-refractivity contribution in [3.05, 3.63) is 21.9 Å². The van der Waals surface area contributed by atoms with E-state index in [0.29, 0.717) is 22.9 Å². The first-order valence-corrected chi connectivity index (χ1v) is 10.7. The first-order chi connectivity index (χ1) is 14.4. The number of oxime groups is 1. The van der Waals surface area contributed by atoms with Crippen LogP contribution in [0.15, 0.2) is 26.4 Å². The molecule has 156 valence electrons. The minimum atomic E-state index is -1.25. The molecule has 0 unspecified atom stereocenters. The van der Waals surface area contributed by atoms with Crippen molar-refractivity contribution in [3.8, 4) is 0 Å². The van der Waals surface area contributed by atoms with E-state index in [0.717, 1.165) is 39.7 Å². The average Bonchev–Trinajstić information content (AvgIpc) is 3.38. The van der Waals surface area contributed by atoms with Crippen LogP contribution in [-0.4, -0.2) is 69.5 Å². The summed E-state index contributed by atoms with van der Waals surface area (Å²) in [6, 6.07) is -1.52. The maximum atomic E-state index is 12.7. The van der Waals surface area contributed by atoms with Gasteiger partial charge in [-0.1, -0.05) is 16.9 Å². The Hall–Kier alpha value is -3.11. The standard InChI is InChI=1S/C14H12N8O5S3/c15-13-18-9(20-30-13)7(19-27)10(23)17-6-4-1-2-5(29-14-16-3-28-21-14)8(12(25)26)22(4)11(6)24/h3-4,6,27H,1-2H2,(H,17,23)(H,25,26)(H2,15,18,20)/b19-7-/t4-,6+/m1/s1. The molecule has 30 heavy (non-hydrogen) atoms. The molecule has 4 heterocycles. The lowest BCUT2D eigenvalue weighted by molar-refractivity contribution is -0.155. The number of nitrogens with zero attached hydrogens (tertiary/aromatic N) is 6. The van der Waals surface area contributed by atoms with Gasteiger partial charge in [0.15, 0.2) is 5.13 Å². The Balaban J connectivity index is 1.52. The summed E-state index contributed by atoms with van der Waals surface area (Å²) < 4.78 is 7.85. The number of aliphatic carboxylic acids is 1. The highest BCUT2D eigenvalue weighted by Crippen LogP contribution is 2.42. The maximum absolute atomic E-state index is 12.7. The van der Waals surface area contributed by atoms with Crippen LogP contribution in [0.25, 0.3) is 0 Å². The van der Waals surface area contributed by atoms with Gasteiger partial charge < -0.3 is 21.4 Å². The monoisotopic (exact) mass is 468 g/mol. The molecule has 0 spiro atoms. The molecule has 0 aromatic carbocycles. The number of carbonyl (C=O) groups is 3. The van der Waals surface area contributed by atoms with Crippen LogP contribution in [-0.2, 0) is 14.4 Å². The lowest BCUT2D eigenvalue weighted by Crippen LogP contribution is -2.72. The maximum Gasteiger partial charge on any atom is 0.353 e. The molecule has 2 aliphatic heterocycles. The van der Waals surface area contributed by atoms with E-state index in [-0.39, 0.29) is 16.7 Å². The summed E-state index contributed by atoms with van der Waals surface area (Å²) in [4.78, 5) is 46.4. The zero-order valence-electron chi connectivity index (χ0n) is 14.8. The van der Waals surface area contributed by atoms with Gasteiger partial charge in [-0.15, -0.1) is 0 Å². The van der Waals surface area contributed by atoms with Gasteiger partial charge in [0.1, 0.15) is 17.2 Å². The molecular formula is C14H12N8O5S3. The van der Waals surface area contributed by atoms with E-state index in [1.54, 1.807) is 0 Å². The molecular weight excluding hydrogens is 456 g/mol. The van der Waals surface area contributed by atoms with E-state index in [2.05, 4.69) is 29.2 Å². The molecule has 1 fully saturated rings. The van der Waals surface area contributed by atoms with Crippen molar-refractivity contribution in [2.24, 2.45) is 5.16 Å². The lowest BCUT2D eigenvalue weighted by Gasteiger charge is -2.49. The average molecular weight is 469 g/mol. The molecule has 1 saturated heterocycles. The number of rotatable bonds is 6. The van der Waals surface area contributed by atoms with Gasteiger partial charge in [-0.2, -0.15) is 13.7 Å². The highest BCUT2D eigenvalue weighted by atomic mass is 32.2. The predicted octanol–water partition coefficient (Wildman–Crippen LogP) is -0.272. The van der Waals surface area contributed by atoms with E-state index in [1.807, 2.05) is 0 Å². The molecule has 13 nitrogen and oxygen atoms in total. The second-order valence-corrected chi connectivity index (χ2v) is 8.51. The SMILES string of the molecule is Nc1nc(/C(=N/O)C(=O)N[C@@H]2C(=O)N3C(C(=O)O)=C(Sc4ncsn4)CC[C@H]23)ns1. The Morgan fingerprint density at radius 1 is 1.40 bits per heavy atom. The number of nitrogen functional groups attached to an aromatic ring is 1. The predicted molar refractivity (Wildman–Crippen MR) is 105 cm³/mol. The molecule has 2 amide bonds. The number of hydrogen-bond donors (Lipinski definition) is 4. The largest absolute Gasteiger partial charge is 0.477 e. The number of carboxylic acids is 1. The summed E-state index contributed by atoms with van der Waals surface area (Å²) in [5.74, 6) is -2.89. The van der Waals surface area contributed by atoms with Gasteiger partial charge in [0.25, 0.3) is 11.8 Å². The number of amides is 2. The van der Waals surface area contributed by atoms with Gasteiger partial charge >= 0.3 is 5.97 Å². The van der Waals surface area contributed by atoms with Gasteiger partial charge in [-0.3, -0.25) is 14.5 Å². The van der Waals surface area contributed by atoms with E-state index in [9.17, 15) is 19.5 Å². The van der Waals surface area contributed by atoms with Crippen LogP contribution in [0.3, 0.4) is 0 Å². The van der Waals surface area contributed by atoms with Crippen LogP contribution < -0.4 is 11.1 Å². The number of nitrogens with one attached hydrogen (secondary N) is 1. The molecule has 2 aromatic heterocycles. The molecule has 2 aliphatic rings. The Kier molecular flexibility index (Phi) is 5.35. The molecule has 2 atom stereocenters. The third kappa shape index (κ3) is 3.48. The van der Waals surface area contributed by atoms with Crippen molar-refractivity contribution >= 4 is 63.5 Å². The van der Waals surface area contributed by atoms with E-state index in [1.165, 1.54) is 5.51 Å². The highest BCUT2D eigenvalue weighted by molar-refractivity contribution is 8.03. The van der Waals surface area contributed by atoms with E-state index in [4.69, 9.17) is 10.9 Å². The second-order valence-electron chi connectivity index (χ2n) is 6.06. The van der Waals surface area contributed by atoms with Crippen LogP contribution >= 0.6 is 34.8 Å². The molecule has 4 rings (SSSR count). The highest BCUT2D eigenvalue weighted by Gasteiger charge is 2.54. The Morgan fingerprint density at radius 2 is 2.20 bits per heavy atom. The summed E-state index contributed by atoms with van der Waals surface area (Å²) in [7, 11) is 0. The van der Waals surface area contributed by atoms with Crippen LogP contribution in [0.1, 0.15) is 18.7 Å². The minimum absolute atomic E-state index is 0.0768. The first-order valence-electron chi connectivity index (χ1n) is 8.27. The van der Waals surface area contributed by atoms with Crippen molar-refractivity contribution in [2.45, 2.75) is 30.1 Å². The summed E-state index contributed by atoms with van der Waals surface area (Å²) in [5.41, 5.74) is 6.36. The summed E-state index contributed by atoms with van der Waals surface area (Å²) >= 11 is 3.05. The number of aromatic nitrogens is 4. The quantitative estimate of drug-likeness (QED) is 0.188. The fourth-order valence-corrected chi connectivity index (χ4v) is 5.12. The second kappa shape index (κ2) is 7.96. The van der Waals surface area contributed by atoms with Crippen LogP contribution in [0.5, 0.6) is 0 Å². The lowest BCUT2D eigenvalue weighted by atomic mass is 9.86. The number of hydrogen-bond acceptors (Lipinski definition) is 13. The number of thioether (sulfide) groups is 1. The van der Waals surface area contributed by atoms with Crippen LogP contribution in [0, 0.1) is 0 Å². The fourth-order valence-electron chi connectivity index (χ4n) is 3.18. The Labute approximate surface area is 180 Å². The van der Waals surface area contributed by atoms with Gasteiger partial charge in [0.05, 0.1) is 6.04 Å². The molecule has 2 aromatic rings. The van der Waals surface area contributed by atoms with Gasteiger partial charge in [0, 0.05) is 16.4 Å². The molecule has 16 heteroatoms. The van der Waals surface area contributed by atoms with Crippen molar-refractivity contribution < 1.29 is 24.7 Å². The third-order valence-electron chi connectivity index (χ3n) is 4.41. The van der Waals surface area contributed by atoms with E-state index >= 15 is 0 Å². The Bertz CT molecular complexity index is 1080. The topological polar surface area (TPSA) is 197 Å². The van der Waals surface area contributed by atoms with Crippen molar-refractivity contribution in [1.29, 1.82) is 0 Å². The van der Waals surface area contributed by atoms with Crippen LogP contribution in [0.2, 0.25) is 0 Å². The number of fused-ring (bicyclic) bond motifs is 1. The number of carboxylic acid groups (broad SMARTS) is 1. The number of anilines is 1. The number of nitrogens with two attached hydrogens (primary N) is 1. The van der Waals surface area contributed by atoms with Crippen molar-refractivity contribution in [1.82, 2.24) is 28.9 Å². The molecule has 0 aliphatic carbocycles. The normalized spacial score (nSPS) is 21.3. The fraction of sp³-hybridized carbons (Fsp3) is 0.286. The minimum Gasteiger partial charge on any atom is -0.477 e. The van der Waals surface area contributed by atoms with E-state index < -0.39 is 35.6 Å². The Morgan fingerprint density at radius 3 is 2.80 bits per heavy atom. The number of β-lactam (4-membered cyclic amide) rings is 1. The molecule has 5 N–H and O–H groups in total. The molecule has 0 bridgehead atoms. The zero-order chi connectivity index (χ0) is 21.4. The van der Waals surface area contributed by atoms with Crippen molar-refractivity contribution in [2.75, 3.05) is 5.73 Å². The summed E-state index contributed by atoms with van der Waals surface area (Å²) in [6.07, 6.45) is 0.797. The summed E-state index contributed by atoms with van der Waals surface area (Å²) in [6.45, 7) is 0.